The molecule has 0 aliphatic carbocycles. The molecule has 8 nitrogen and oxygen atoms in total. The van der Waals surface area contributed by atoms with Crippen molar-refractivity contribution < 1.29 is 22.4 Å². The average Bonchev–Trinajstić information content (AvgIpc) is 3.41. The number of hydrogen-bond donors (Lipinski definition) is 2. The summed E-state index contributed by atoms with van der Waals surface area (Å²) in [6.07, 6.45) is 1.69. The van der Waals surface area contributed by atoms with Gasteiger partial charge in [-0.3, -0.25) is 20.4 Å². The van der Waals surface area contributed by atoms with Crippen LogP contribution in [0, 0.1) is 6.92 Å². The number of nitrogens with one attached hydrogen (secondary N) is 2. The van der Waals surface area contributed by atoms with Gasteiger partial charge in [0.15, 0.2) is 5.76 Å². The van der Waals surface area contributed by atoms with Gasteiger partial charge in [-0.2, -0.15) is 4.31 Å². The Bertz CT molecular complexity index is 1260. The molecule has 1 aliphatic heterocycles. The number of amides is 2. The molecule has 2 heterocycles. The number of benzene rings is 2. The summed E-state index contributed by atoms with van der Waals surface area (Å²) < 4.78 is 32.1. The standard InChI is InChI=1S/C21H20ClN3O5S/c1-13-17-12-15(22)6-9-18(17)30-19(13)21(27)24-23-20(26)14-4-7-16(8-5-14)31(28,29)25-10-2-3-11-25/h4-9,12H,2-3,10-11H2,1H3,(H,23,26)(H,24,27). The van der Waals surface area contributed by atoms with E-state index in [4.69, 9.17) is 16.0 Å². The number of rotatable bonds is 4. The Kier molecular flexibility index (Phi) is 5.74. The molecule has 0 unspecified atom stereocenters. The van der Waals surface area contributed by atoms with E-state index in [1.165, 1.54) is 28.6 Å². The molecule has 1 saturated heterocycles. The summed E-state index contributed by atoms with van der Waals surface area (Å²) in [7, 11) is -3.55. The first-order valence-corrected chi connectivity index (χ1v) is 11.5. The fourth-order valence-corrected chi connectivity index (χ4v) is 5.20. The van der Waals surface area contributed by atoms with E-state index >= 15 is 0 Å². The van der Waals surface area contributed by atoms with Crippen LogP contribution >= 0.6 is 11.6 Å². The number of sulfonamides is 1. The second-order valence-corrected chi connectivity index (χ2v) is 9.61. The van der Waals surface area contributed by atoms with Gasteiger partial charge < -0.3 is 4.42 Å². The number of aryl methyl sites for hydroxylation is 1. The fourth-order valence-electron chi connectivity index (χ4n) is 3.51. The molecule has 0 saturated carbocycles. The summed E-state index contributed by atoms with van der Waals surface area (Å²) in [5.74, 6) is -1.15. The van der Waals surface area contributed by atoms with Crippen LogP contribution in [0.5, 0.6) is 0 Å². The van der Waals surface area contributed by atoms with Gasteiger partial charge in [0.1, 0.15) is 5.58 Å². The number of nitrogens with zero attached hydrogens (tertiary/aromatic N) is 1. The minimum Gasteiger partial charge on any atom is -0.451 e. The first-order chi connectivity index (χ1) is 14.8. The Morgan fingerprint density at radius 3 is 2.32 bits per heavy atom. The van der Waals surface area contributed by atoms with E-state index in [1.807, 2.05) is 0 Å². The topological polar surface area (TPSA) is 109 Å². The van der Waals surface area contributed by atoms with E-state index in [9.17, 15) is 18.0 Å². The van der Waals surface area contributed by atoms with Gasteiger partial charge in [0.05, 0.1) is 4.90 Å². The zero-order valence-corrected chi connectivity index (χ0v) is 18.2. The molecule has 0 spiro atoms. The zero-order chi connectivity index (χ0) is 22.2. The molecular weight excluding hydrogens is 442 g/mol. The van der Waals surface area contributed by atoms with Crippen LogP contribution in [0.2, 0.25) is 5.02 Å². The highest BCUT2D eigenvalue weighted by Gasteiger charge is 2.27. The second-order valence-electron chi connectivity index (χ2n) is 7.24. The van der Waals surface area contributed by atoms with Gasteiger partial charge in [-0.1, -0.05) is 11.6 Å². The summed E-state index contributed by atoms with van der Waals surface area (Å²) in [5.41, 5.74) is 5.93. The molecule has 1 aromatic heterocycles. The molecule has 2 amide bonds. The average molecular weight is 462 g/mol. The first kappa shape index (κ1) is 21.4. The van der Waals surface area contributed by atoms with E-state index in [0.717, 1.165) is 12.8 Å². The lowest BCUT2D eigenvalue weighted by atomic mass is 10.1. The molecule has 162 valence electrons. The van der Waals surface area contributed by atoms with Gasteiger partial charge in [0.2, 0.25) is 10.0 Å². The SMILES string of the molecule is Cc1c(C(=O)NNC(=O)c2ccc(S(=O)(=O)N3CCCC3)cc2)oc2ccc(Cl)cc12. The van der Waals surface area contributed by atoms with Crippen molar-refractivity contribution in [2.24, 2.45) is 0 Å². The molecule has 2 N–H and O–H groups in total. The van der Waals surface area contributed by atoms with Crippen LogP contribution in [-0.4, -0.2) is 37.6 Å². The molecule has 31 heavy (non-hydrogen) atoms. The molecule has 3 aromatic rings. The fraction of sp³-hybridized carbons (Fsp3) is 0.238. The number of carbonyl (C=O) groups excluding carboxylic acids is 2. The summed E-state index contributed by atoms with van der Waals surface area (Å²) >= 11 is 5.99. The highest BCUT2D eigenvalue weighted by atomic mass is 35.5. The second kappa shape index (κ2) is 8.33. The van der Waals surface area contributed by atoms with Crippen molar-refractivity contribution in [3.63, 3.8) is 0 Å². The largest absolute Gasteiger partial charge is 0.451 e. The van der Waals surface area contributed by atoms with E-state index in [0.29, 0.717) is 34.6 Å². The predicted molar refractivity (Wildman–Crippen MR) is 115 cm³/mol. The van der Waals surface area contributed by atoms with Crippen LogP contribution < -0.4 is 10.9 Å². The Morgan fingerprint density at radius 2 is 1.65 bits per heavy atom. The zero-order valence-electron chi connectivity index (χ0n) is 16.6. The minimum atomic E-state index is -3.55. The van der Waals surface area contributed by atoms with Crippen molar-refractivity contribution in [3.8, 4) is 0 Å². The number of halogens is 1. The molecule has 0 atom stereocenters. The molecule has 0 radical (unpaired) electrons. The van der Waals surface area contributed by atoms with Gasteiger partial charge in [0.25, 0.3) is 5.91 Å². The summed E-state index contributed by atoms with van der Waals surface area (Å²) in [5, 5.41) is 1.23. The Hall–Kier alpha value is -2.88. The third-order valence-corrected chi connectivity index (χ3v) is 7.36. The number of fused-ring (bicyclic) bond motifs is 1. The van der Waals surface area contributed by atoms with Crippen molar-refractivity contribution >= 4 is 44.4 Å². The van der Waals surface area contributed by atoms with E-state index in [1.54, 1.807) is 25.1 Å². The maximum atomic E-state index is 12.6. The Balaban J connectivity index is 1.43. The minimum absolute atomic E-state index is 0.0598. The van der Waals surface area contributed by atoms with Gasteiger partial charge in [-0.05, 0) is 62.2 Å². The van der Waals surface area contributed by atoms with Crippen LogP contribution in [0.25, 0.3) is 11.0 Å². The molecule has 0 bridgehead atoms. The predicted octanol–water partition coefficient (Wildman–Crippen LogP) is 3.25. The maximum Gasteiger partial charge on any atom is 0.305 e. The monoisotopic (exact) mass is 461 g/mol. The first-order valence-electron chi connectivity index (χ1n) is 9.67. The van der Waals surface area contributed by atoms with Gasteiger partial charge in [0, 0.05) is 34.6 Å². The maximum absolute atomic E-state index is 12.6. The quantitative estimate of drug-likeness (QED) is 0.580. The van der Waals surface area contributed by atoms with Crippen LogP contribution in [0.15, 0.2) is 51.8 Å². The molecule has 4 rings (SSSR count). The third-order valence-electron chi connectivity index (χ3n) is 5.21. The van der Waals surface area contributed by atoms with E-state index < -0.39 is 21.8 Å². The van der Waals surface area contributed by atoms with Crippen LogP contribution in [0.1, 0.15) is 39.3 Å². The van der Waals surface area contributed by atoms with Crippen LogP contribution in [0.3, 0.4) is 0 Å². The van der Waals surface area contributed by atoms with E-state index in [-0.39, 0.29) is 16.2 Å². The highest BCUT2D eigenvalue weighted by molar-refractivity contribution is 7.89. The number of furan rings is 1. The van der Waals surface area contributed by atoms with Crippen molar-refractivity contribution in [3.05, 3.63) is 64.4 Å². The van der Waals surface area contributed by atoms with Gasteiger partial charge in [-0.15, -0.1) is 0 Å². The number of carbonyl (C=O) groups is 2. The third kappa shape index (κ3) is 4.16. The van der Waals surface area contributed by atoms with Crippen LogP contribution in [0.4, 0.5) is 0 Å². The van der Waals surface area contributed by atoms with Crippen LogP contribution in [-0.2, 0) is 10.0 Å². The highest BCUT2D eigenvalue weighted by Crippen LogP contribution is 2.27. The summed E-state index contributed by atoms with van der Waals surface area (Å²) in [6.45, 7) is 2.73. The van der Waals surface area contributed by atoms with Crippen molar-refractivity contribution in [2.45, 2.75) is 24.7 Å². The normalized spacial score (nSPS) is 14.6. The molecule has 1 aliphatic rings. The lowest BCUT2D eigenvalue weighted by molar-refractivity contribution is 0.0831. The lowest BCUT2D eigenvalue weighted by Crippen LogP contribution is -2.41. The molecule has 10 heteroatoms. The number of hydrazine groups is 1. The van der Waals surface area contributed by atoms with Crippen molar-refractivity contribution in [1.82, 2.24) is 15.2 Å². The molecule has 1 fully saturated rings. The lowest BCUT2D eigenvalue weighted by Gasteiger charge is -2.15. The summed E-state index contributed by atoms with van der Waals surface area (Å²) in [6, 6.07) is 10.6. The van der Waals surface area contributed by atoms with Gasteiger partial charge in [-0.25, -0.2) is 8.42 Å². The Labute approximate surface area is 184 Å². The van der Waals surface area contributed by atoms with Gasteiger partial charge >= 0.3 is 5.91 Å². The Morgan fingerprint density at radius 1 is 1.00 bits per heavy atom. The number of hydrogen-bond acceptors (Lipinski definition) is 5. The molecular formula is C21H20ClN3O5S. The van der Waals surface area contributed by atoms with Crippen molar-refractivity contribution in [1.29, 1.82) is 0 Å². The van der Waals surface area contributed by atoms with E-state index in [2.05, 4.69) is 10.9 Å². The van der Waals surface area contributed by atoms with Crippen molar-refractivity contribution in [2.75, 3.05) is 13.1 Å². The smallest absolute Gasteiger partial charge is 0.305 e. The molecule has 2 aromatic carbocycles. The summed E-state index contributed by atoms with van der Waals surface area (Å²) in [4.78, 5) is 24.9.